The van der Waals surface area contributed by atoms with E-state index in [-0.39, 0.29) is 30.8 Å². The summed E-state index contributed by atoms with van der Waals surface area (Å²) < 4.78 is 46.8. The summed E-state index contributed by atoms with van der Waals surface area (Å²) in [6.45, 7) is 1.81. The van der Waals surface area contributed by atoms with Gasteiger partial charge in [-0.15, -0.1) is 10.2 Å². The normalized spacial score (nSPS) is 18.3. The van der Waals surface area contributed by atoms with E-state index in [1.165, 1.54) is 0 Å². The van der Waals surface area contributed by atoms with E-state index in [9.17, 15) is 22.8 Å². The van der Waals surface area contributed by atoms with Gasteiger partial charge in [0.2, 0.25) is 17.7 Å². The minimum absolute atomic E-state index is 0.0189. The molecule has 35 heavy (non-hydrogen) atoms. The van der Waals surface area contributed by atoms with Gasteiger partial charge in [-0.05, 0) is 37.8 Å². The van der Waals surface area contributed by atoms with Crippen LogP contribution in [0.25, 0.3) is 5.69 Å². The number of carbonyl (C=O) groups is 2. The van der Waals surface area contributed by atoms with Crippen LogP contribution in [0.2, 0.25) is 0 Å². The summed E-state index contributed by atoms with van der Waals surface area (Å²) in [6.07, 6.45) is -0.908. The third-order valence-electron chi connectivity index (χ3n) is 5.95. The van der Waals surface area contributed by atoms with Crippen molar-refractivity contribution in [3.05, 3.63) is 59.6 Å². The number of carbonyl (C=O) groups excluding carboxylic acids is 2. The highest BCUT2D eigenvalue weighted by Crippen LogP contribution is 2.35. The zero-order valence-electron chi connectivity index (χ0n) is 19.0. The Kier molecular flexibility index (Phi) is 7.17. The van der Waals surface area contributed by atoms with Gasteiger partial charge in [0.25, 0.3) is 5.91 Å². The number of aromatic nitrogens is 4. The van der Waals surface area contributed by atoms with E-state index < -0.39 is 23.3 Å². The van der Waals surface area contributed by atoms with Gasteiger partial charge in [0.1, 0.15) is 0 Å². The van der Waals surface area contributed by atoms with E-state index in [0.717, 1.165) is 23.7 Å². The Morgan fingerprint density at radius 3 is 2.37 bits per heavy atom. The largest absolute Gasteiger partial charge is 0.435 e. The highest BCUT2D eigenvalue weighted by molar-refractivity contribution is 5.95. The molecule has 1 aliphatic rings. The van der Waals surface area contributed by atoms with Crippen molar-refractivity contribution < 1.29 is 27.2 Å². The number of nitrogens with zero attached hydrogens (tertiary/aromatic N) is 4. The maximum absolute atomic E-state index is 13.4. The molecule has 0 radical (unpaired) electrons. The highest BCUT2D eigenvalue weighted by Gasteiger charge is 2.39. The van der Waals surface area contributed by atoms with Gasteiger partial charge in [-0.2, -0.15) is 18.3 Å². The number of amides is 2. The summed E-state index contributed by atoms with van der Waals surface area (Å²) in [5, 5.41) is 16.6. The molecule has 2 heterocycles. The van der Waals surface area contributed by atoms with E-state index in [0.29, 0.717) is 30.3 Å². The van der Waals surface area contributed by atoms with Crippen LogP contribution in [0.4, 0.5) is 13.2 Å². The maximum atomic E-state index is 13.4. The number of halogens is 3. The van der Waals surface area contributed by atoms with Gasteiger partial charge in [0, 0.05) is 38.0 Å². The second-order valence-corrected chi connectivity index (χ2v) is 8.42. The third kappa shape index (κ3) is 5.87. The lowest BCUT2D eigenvalue weighted by molar-refractivity contribution is -0.141. The van der Waals surface area contributed by atoms with E-state index in [4.69, 9.17) is 4.42 Å². The van der Waals surface area contributed by atoms with E-state index in [1.54, 1.807) is 37.3 Å². The van der Waals surface area contributed by atoms with Crippen molar-refractivity contribution in [3.63, 3.8) is 0 Å². The second kappa shape index (κ2) is 10.3. The van der Waals surface area contributed by atoms with Crippen LogP contribution in [0.3, 0.4) is 0 Å². The molecule has 1 aromatic carbocycles. The molecular weight excluding hydrogens is 465 g/mol. The molecule has 0 atom stereocenters. The lowest BCUT2D eigenvalue weighted by atomic mass is 9.81. The van der Waals surface area contributed by atoms with E-state index >= 15 is 0 Å². The minimum atomic E-state index is -4.79. The van der Waals surface area contributed by atoms with Crippen LogP contribution in [-0.4, -0.2) is 44.9 Å². The van der Waals surface area contributed by atoms with Crippen molar-refractivity contribution in [2.45, 2.75) is 44.7 Å². The molecule has 186 valence electrons. The Balaban J connectivity index is 1.27. The second-order valence-electron chi connectivity index (χ2n) is 8.42. The molecule has 12 heteroatoms. The lowest BCUT2D eigenvalue weighted by Crippen LogP contribution is -2.38. The first kappa shape index (κ1) is 24.4. The first-order chi connectivity index (χ1) is 16.7. The zero-order valence-corrected chi connectivity index (χ0v) is 19.0. The summed E-state index contributed by atoms with van der Waals surface area (Å²) in [5.74, 6) is 0.0111. The monoisotopic (exact) mass is 490 g/mol. The van der Waals surface area contributed by atoms with Crippen LogP contribution in [0.15, 0.2) is 40.9 Å². The predicted molar refractivity (Wildman–Crippen MR) is 118 cm³/mol. The van der Waals surface area contributed by atoms with Crippen LogP contribution in [0, 0.1) is 12.8 Å². The molecule has 2 aromatic heterocycles. The van der Waals surface area contributed by atoms with Gasteiger partial charge >= 0.3 is 6.18 Å². The molecule has 1 aliphatic carbocycles. The molecule has 2 amide bonds. The molecule has 0 spiro atoms. The van der Waals surface area contributed by atoms with Crippen LogP contribution >= 0.6 is 0 Å². The molecule has 3 aromatic rings. The number of hydrogen-bond donors (Lipinski definition) is 2. The number of rotatable bonds is 7. The fourth-order valence-corrected chi connectivity index (χ4v) is 4.14. The fourth-order valence-electron chi connectivity index (χ4n) is 4.14. The average molecular weight is 490 g/mol. The van der Waals surface area contributed by atoms with Crippen LogP contribution < -0.4 is 10.6 Å². The van der Waals surface area contributed by atoms with Crippen molar-refractivity contribution >= 4 is 11.8 Å². The van der Waals surface area contributed by atoms with Crippen molar-refractivity contribution in [1.29, 1.82) is 0 Å². The van der Waals surface area contributed by atoms with Crippen LogP contribution in [0.5, 0.6) is 0 Å². The number of hydrogen-bond acceptors (Lipinski definition) is 6. The van der Waals surface area contributed by atoms with E-state index in [2.05, 4.69) is 25.9 Å². The molecule has 9 nitrogen and oxygen atoms in total. The summed E-state index contributed by atoms with van der Waals surface area (Å²) in [4.78, 5) is 24.9. The Bertz CT molecular complexity index is 1170. The SMILES string of the molecule is Cc1nnc(C2CCC(C(=O)NCCNC(=O)c3cn(-c4ccccc4)nc3C(F)(F)F)CC2)o1. The Morgan fingerprint density at radius 2 is 1.74 bits per heavy atom. The molecule has 0 unspecified atom stereocenters. The molecule has 2 N–H and O–H groups in total. The average Bonchev–Trinajstić information content (AvgIpc) is 3.49. The van der Waals surface area contributed by atoms with Crippen LogP contribution in [0.1, 0.15) is 59.4 Å². The molecule has 0 bridgehead atoms. The zero-order chi connectivity index (χ0) is 25.0. The number of alkyl halides is 3. The Labute approximate surface area is 199 Å². The quantitative estimate of drug-likeness (QED) is 0.491. The Morgan fingerprint density at radius 1 is 1.06 bits per heavy atom. The first-order valence-electron chi connectivity index (χ1n) is 11.3. The minimum Gasteiger partial charge on any atom is -0.425 e. The third-order valence-corrected chi connectivity index (χ3v) is 5.95. The summed E-state index contributed by atoms with van der Waals surface area (Å²) in [7, 11) is 0. The van der Waals surface area contributed by atoms with Crippen molar-refractivity contribution in [2.24, 2.45) is 5.92 Å². The molecule has 4 rings (SSSR count). The van der Waals surface area contributed by atoms with Crippen molar-refractivity contribution in [1.82, 2.24) is 30.6 Å². The highest BCUT2D eigenvalue weighted by atomic mass is 19.4. The number of para-hydroxylation sites is 1. The molecule has 0 saturated heterocycles. The number of benzene rings is 1. The summed E-state index contributed by atoms with van der Waals surface area (Å²) in [6, 6.07) is 8.21. The standard InChI is InChI=1S/C23H25F3N6O3/c1-14-29-30-22(35-14)16-9-7-15(8-10-16)20(33)27-11-12-28-21(34)18-13-32(17-5-3-2-4-6-17)31-19(18)23(24,25)26/h2-6,13,15-16H,7-12H2,1H3,(H,27,33)(H,28,34). The molecule has 1 saturated carbocycles. The van der Waals surface area contributed by atoms with Gasteiger partial charge in [-0.1, -0.05) is 18.2 Å². The lowest BCUT2D eigenvalue weighted by Gasteiger charge is -2.25. The summed E-state index contributed by atoms with van der Waals surface area (Å²) in [5.41, 5.74) is -1.45. The predicted octanol–water partition coefficient (Wildman–Crippen LogP) is 3.40. The van der Waals surface area contributed by atoms with Gasteiger partial charge < -0.3 is 15.1 Å². The van der Waals surface area contributed by atoms with Crippen LogP contribution in [-0.2, 0) is 11.0 Å². The smallest absolute Gasteiger partial charge is 0.425 e. The molecule has 0 aliphatic heterocycles. The maximum Gasteiger partial charge on any atom is 0.435 e. The molecule has 1 fully saturated rings. The van der Waals surface area contributed by atoms with E-state index in [1.807, 2.05) is 0 Å². The van der Waals surface area contributed by atoms with Crippen molar-refractivity contribution in [2.75, 3.05) is 13.1 Å². The summed E-state index contributed by atoms with van der Waals surface area (Å²) >= 11 is 0. The number of nitrogens with one attached hydrogen (secondary N) is 2. The first-order valence-corrected chi connectivity index (χ1v) is 11.3. The van der Waals surface area contributed by atoms with Gasteiger partial charge in [-0.3, -0.25) is 9.59 Å². The number of aryl methyl sites for hydroxylation is 1. The van der Waals surface area contributed by atoms with Gasteiger partial charge in [-0.25, -0.2) is 4.68 Å². The molecular formula is C23H25F3N6O3. The fraction of sp³-hybridized carbons (Fsp3) is 0.435. The Hall–Kier alpha value is -3.70. The van der Waals surface area contributed by atoms with Gasteiger partial charge in [0.15, 0.2) is 5.69 Å². The van der Waals surface area contributed by atoms with Crippen molar-refractivity contribution in [3.8, 4) is 5.69 Å². The topological polar surface area (TPSA) is 115 Å². The van der Waals surface area contributed by atoms with Gasteiger partial charge in [0.05, 0.1) is 11.3 Å².